The maximum atomic E-state index is 12.3. The van der Waals surface area contributed by atoms with Gasteiger partial charge in [0.2, 0.25) is 0 Å². The Labute approximate surface area is 263 Å². The molecule has 10 nitrogen and oxygen atoms in total. The van der Waals surface area contributed by atoms with Gasteiger partial charge in [-0.2, -0.15) is 0 Å². The summed E-state index contributed by atoms with van der Waals surface area (Å²) < 4.78 is 66.0. The van der Waals surface area contributed by atoms with Gasteiger partial charge in [0.15, 0.2) is 23.1 Å². The van der Waals surface area contributed by atoms with Gasteiger partial charge in [-0.25, -0.2) is 16.8 Å². The molecule has 0 heterocycles. The van der Waals surface area contributed by atoms with Crippen LogP contribution in [0, 0.1) is 0 Å². The van der Waals surface area contributed by atoms with Crippen molar-refractivity contribution < 1.29 is 45.1 Å². The van der Waals surface area contributed by atoms with Gasteiger partial charge in [-0.1, -0.05) is 48.5 Å². The topological polar surface area (TPSA) is 183 Å². The number of carbonyl (C=O) groups excluding carboxylic acids is 4. The monoisotopic (exact) mass is 614 g/mol. The molecular formula is C28H14CaO10S2. The molecule has 0 amide bonds. The van der Waals surface area contributed by atoms with Gasteiger partial charge in [-0.3, -0.25) is 19.2 Å². The summed E-state index contributed by atoms with van der Waals surface area (Å²) in [6, 6.07) is 19.0. The van der Waals surface area contributed by atoms with Crippen LogP contribution < -0.4 is 0 Å². The van der Waals surface area contributed by atoms with E-state index in [1.165, 1.54) is 36.4 Å². The van der Waals surface area contributed by atoms with Crippen LogP contribution in [0.15, 0.2) is 94.7 Å². The van der Waals surface area contributed by atoms with Gasteiger partial charge in [-0.15, -0.1) is 0 Å². The SMILES string of the molecule is O=C1c2ccccc2C(=O)c2cc(S(=O)(=O)[O-])ccc21.O=C1c2ccccc2C(=O)c2cc(S(=O)(=O)[O-])ccc21.[Ca+2]. The van der Waals surface area contributed by atoms with Crippen LogP contribution in [0.4, 0.5) is 0 Å². The van der Waals surface area contributed by atoms with Crippen molar-refractivity contribution in [3.8, 4) is 0 Å². The van der Waals surface area contributed by atoms with E-state index in [0.717, 1.165) is 24.3 Å². The number of benzene rings is 4. The smallest absolute Gasteiger partial charge is 0.744 e. The molecular weight excluding hydrogens is 601 g/mol. The zero-order valence-corrected chi connectivity index (χ0v) is 24.5. The molecule has 0 unspecified atom stereocenters. The first kappa shape index (κ1) is 30.6. The van der Waals surface area contributed by atoms with Crippen molar-refractivity contribution in [1.82, 2.24) is 0 Å². The Morgan fingerprint density at radius 1 is 0.390 bits per heavy atom. The van der Waals surface area contributed by atoms with Gasteiger partial charge in [0.05, 0.1) is 9.79 Å². The van der Waals surface area contributed by atoms with Gasteiger partial charge in [0.1, 0.15) is 20.2 Å². The van der Waals surface area contributed by atoms with E-state index in [0.29, 0.717) is 0 Å². The normalized spacial score (nSPS) is 13.5. The van der Waals surface area contributed by atoms with Gasteiger partial charge in [0.25, 0.3) is 0 Å². The summed E-state index contributed by atoms with van der Waals surface area (Å²) in [5.74, 6) is -1.63. The Kier molecular flexibility index (Phi) is 8.31. The van der Waals surface area contributed by atoms with Crippen LogP contribution in [0.5, 0.6) is 0 Å². The van der Waals surface area contributed by atoms with E-state index in [2.05, 4.69) is 0 Å². The van der Waals surface area contributed by atoms with Crippen LogP contribution in [-0.2, 0) is 20.2 Å². The minimum absolute atomic E-state index is 0. The largest absolute Gasteiger partial charge is 2.00 e. The third-order valence-electron chi connectivity index (χ3n) is 6.37. The summed E-state index contributed by atoms with van der Waals surface area (Å²) >= 11 is 0. The van der Waals surface area contributed by atoms with Crippen molar-refractivity contribution >= 4 is 81.1 Å². The van der Waals surface area contributed by atoms with E-state index >= 15 is 0 Å². The average Bonchev–Trinajstić information content (AvgIpc) is 2.93. The number of rotatable bonds is 2. The van der Waals surface area contributed by atoms with E-state index in [-0.39, 0.29) is 93.8 Å². The molecule has 200 valence electrons. The summed E-state index contributed by atoms with van der Waals surface area (Å²) in [5.41, 5.74) is 1.11. The fraction of sp³-hybridized carbons (Fsp3) is 0. The molecule has 0 aliphatic heterocycles. The molecule has 0 spiro atoms. The van der Waals surface area contributed by atoms with Crippen molar-refractivity contribution in [2.45, 2.75) is 9.79 Å². The van der Waals surface area contributed by atoms with Crippen LogP contribution in [0.1, 0.15) is 63.7 Å². The van der Waals surface area contributed by atoms with Gasteiger partial charge < -0.3 is 9.11 Å². The molecule has 0 bridgehead atoms. The molecule has 6 rings (SSSR count). The van der Waals surface area contributed by atoms with E-state index in [4.69, 9.17) is 0 Å². The predicted octanol–water partition coefficient (Wildman–Crippen LogP) is 2.35. The first-order chi connectivity index (χ1) is 18.8. The molecule has 13 heteroatoms. The number of hydrogen-bond acceptors (Lipinski definition) is 10. The van der Waals surface area contributed by atoms with Crippen molar-refractivity contribution in [2.75, 3.05) is 0 Å². The first-order valence-electron chi connectivity index (χ1n) is 11.4. The fourth-order valence-corrected chi connectivity index (χ4v) is 5.46. The van der Waals surface area contributed by atoms with Crippen LogP contribution in [0.3, 0.4) is 0 Å². The standard InChI is InChI=1S/2C14H8O5S.Ca/c2*15-13-9-3-1-2-4-10(9)14(16)12-7-8(20(17,18)19)5-6-11(12)13;/h2*1-7H,(H,17,18,19);/q;;+2/p-2. The average molecular weight is 615 g/mol. The molecule has 2 aliphatic rings. The van der Waals surface area contributed by atoms with Crippen molar-refractivity contribution in [2.24, 2.45) is 0 Å². The molecule has 0 aromatic heterocycles. The fourth-order valence-electron chi connectivity index (χ4n) is 4.47. The Bertz CT molecular complexity index is 1880. The van der Waals surface area contributed by atoms with E-state index < -0.39 is 41.6 Å². The predicted molar refractivity (Wildman–Crippen MR) is 141 cm³/mol. The maximum Gasteiger partial charge on any atom is 2.00 e. The molecule has 4 aromatic rings. The third kappa shape index (κ3) is 5.60. The van der Waals surface area contributed by atoms with Gasteiger partial charge in [0, 0.05) is 44.5 Å². The second kappa shape index (κ2) is 11.1. The first-order valence-corrected chi connectivity index (χ1v) is 14.2. The van der Waals surface area contributed by atoms with Gasteiger partial charge >= 0.3 is 37.7 Å². The summed E-state index contributed by atoms with van der Waals surface area (Å²) in [7, 11) is -9.34. The van der Waals surface area contributed by atoms with E-state index in [1.54, 1.807) is 24.3 Å². The molecule has 4 aromatic carbocycles. The Balaban J connectivity index is 0.000000184. The summed E-state index contributed by atoms with van der Waals surface area (Å²) in [6.07, 6.45) is 0. The number of ketones is 4. The van der Waals surface area contributed by atoms with Crippen LogP contribution >= 0.6 is 0 Å². The summed E-state index contributed by atoms with van der Waals surface area (Å²) in [5, 5.41) is 0. The summed E-state index contributed by atoms with van der Waals surface area (Å²) in [6.45, 7) is 0. The number of carbonyl (C=O) groups is 4. The maximum absolute atomic E-state index is 12.3. The molecule has 0 saturated heterocycles. The minimum atomic E-state index is -4.67. The van der Waals surface area contributed by atoms with Crippen molar-refractivity contribution in [3.05, 3.63) is 129 Å². The Morgan fingerprint density at radius 2 is 0.634 bits per heavy atom. The van der Waals surface area contributed by atoms with Crippen LogP contribution in [0.2, 0.25) is 0 Å². The quantitative estimate of drug-likeness (QED) is 0.207. The van der Waals surface area contributed by atoms with Gasteiger partial charge in [-0.05, 0) is 36.4 Å². The third-order valence-corrected chi connectivity index (χ3v) is 8.03. The molecule has 0 saturated carbocycles. The molecule has 0 radical (unpaired) electrons. The van der Waals surface area contributed by atoms with E-state index in [9.17, 15) is 45.1 Å². The Hall–Kier alpha value is -3.36. The molecule has 0 atom stereocenters. The molecule has 2 aliphatic carbocycles. The number of hydrogen-bond donors (Lipinski definition) is 0. The van der Waals surface area contributed by atoms with Crippen LogP contribution in [-0.4, -0.2) is 86.8 Å². The molecule has 0 fully saturated rings. The molecule has 0 N–H and O–H groups in total. The zero-order valence-electron chi connectivity index (χ0n) is 20.7. The summed E-state index contributed by atoms with van der Waals surface area (Å²) in [4.78, 5) is 48.0. The number of fused-ring (bicyclic) bond motifs is 4. The second-order valence-corrected chi connectivity index (χ2v) is 11.5. The Morgan fingerprint density at radius 3 is 0.902 bits per heavy atom. The second-order valence-electron chi connectivity index (χ2n) is 8.73. The van der Waals surface area contributed by atoms with E-state index in [1.807, 2.05) is 0 Å². The zero-order chi connectivity index (χ0) is 29.0. The van der Waals surface area contributed by atoms with Crippen LogP contribution in [0.25, 0.3) is 0 Å². The molecule has 41 heavy (non-hydrogen) atoms. The van der Waals surface area contributed by atoms with Crippen molar-refractivity contribution in [3.63, 3.8) is 0 Å². The minimum Gasteiger partial charge on any atom is -0.744 e. The van der Waals surface area contributed by atoms with Crippen molar-refractivity contribution in [1.29, 1.82) is 0 Å².